The van der Waals surface area contributed by atoms with Gasteiger partial charge in [-0.15, -0.1) is 0 Å². The van der Waals surface area contributed by atoms with Gasteiger partial charge in [0.15, 0.2) is 0 Å². The van der Waals surface area contributed by atoms with Crippen LogP contribution in [0, 0.1) is 5.92 Å². The van der Waals surface area contributed by atoms with Gasteiger partial charge in [0, 0.05) is 43.8 Å². The van der Waals surface area contributed by atoms with Gasteiger partial charge in [-0.05, 0) is 31.7 Å². The zero-order valence-corrected chi connectivity index (χ0v) is 12.8. The molecule has 1 atom stereocenters. The maximum Gasteiger partial charge on any atom is 0.252 e. The third-order valence-electron chi connectivity index (χ3n) is 4.12. The van der Waals surface area contributed by atoms with Gasteiger partial charge in [0.05, 0.1) is 6.04 Å². The highest BCUT2D eigenvalue weighted by molar-refractivity contribution is 5.94. The number of carbonyl (C=O) groups excluding carboxylic acids is 1. The first-order valence-electron chi connectivity index (χ1n) is 7.58. The van der Waals surface area contributed by atoms with Crippen molar-refractivity contribution in [2.75, 3.05) is 0 Å². The summed E-state index contributed by atoms with van der Waals surface area (Å²) in [7, 11) is 1.92. The summed E-state index contributed by atoms with van der Waals surface area (Å²) < 4.78 is 3.49. The highest BCUT2D eigenvalue weighted by Gasteiger charge is 2.35. The van der Waals surface area contributed by atoms with E-state index in [1.165, 1.54) is 6.07 Å². The van der Waals surface area contributed by atoms with Crippen LogP contribution in [0.3, 0.4) is 0 Å². The van der Waals surface area contributed by atoms with E-state index in [9.17, 15) is 9.59 Å². The topological polar surface area (TPSA) is 68.9 Å². The van der Waals surface area contributed by atoms with Gasteiger partial charge in [0.2, 0.25) is 0 Å². The SMILES string of the molecule is CCn1ccc(C(=O)N[C@@H](c2nccn2C)C2CC2)cc1=O. The van der Waals surface area contributed by atoms with Gasteiger partial charge >= 0.3 is 0 Å². The molecule has 0 unspecified atom stereocenters. The first-order valence-corrected chi connectivity index (χ1v) is 7.58. The minimum Gasteiger partial charge on any atom is -0.342 e. The molecule has 0 aromatic carbocycles. The first-order chi connectivity index (χ1) is 10.6. The monoisotopic (exact) mass is 300 g/mol. The number of rotatable bonds is 5. The van der Waals surface area contributed by atoms with E-state index in [2.05, 4.69) is 10.3 Å². The second-order valence-electron chi connectivity index (χ2n) is 5.72. The standard InChI is InChI=1S/C16H20N4O2/c1-3-20-8-6-12(10-13(20)21)16(22)18-14(11-4-5-11)15-17-7-9-19(15)2/h6-11,14H,3-5H2,1-2H3,(H,18,22)/t14-/m1/s1. The van der Waals surface area contributed by atoms with Crippen molar-refractivity contribution in [3.8, 4) is 0 Å². The van der Waals surface area contributed by atoms with Crippen LogP contribution < -0.4 is 10.9 Å². The molecule has 2 aromatic rings. The predicted octanol–water partition coefficient (Wildman–Crippen LogP) is 1.48. The van der Waals surface area contributed by atoms with Crippen molar-refractivity contribution in [2.24, 2.45) is 13.0 Å². The van der Waals surface area contributed by atoms with Gasteiger partial charge in [0.1, 0.15) is 5.82 Å². The number of aromatic nitrogens is 3. The van der Waals surface area contributed by atoms with Crippen molar-refractivity contribution in [1.29, 1.82) is 0 Å². The van der Waals surface area contributed by atoms with Gasteiger partial charge < -0.3 is 14.5 Å². The smallest absolute Gasteiger partial charge is 0.252 e. The molecule has 116 valence electrons. The summed E-state index contributed by atoms with van der Waals surface area (Å²) in [6.45, 7) is 2.49. The lowest BCUT2D eigenvalue weighted by atomic mass is 10.1. The second-order valence-corrected chi connectivity index (χ2v) is 5.72. The third kappa shape index (κ3) is 2.81. The van der Waals surface area contributed by atoms with Crippen molar-refractivity contribution in [2.45, 2.75) is 32.4 Å². The number of pyridine rings is 1. The summed E-state index contributed by atoms with van der Waals surface area (Å²) in [5, 5.41) is 3.03. The maximum absolute atomic E-state index is 12.4. The Morgan fingerprint density at radius 1 is 1.45 bits per heavy atom. The maximum atomic E-state index is 12.4. The molecule has 1 aliphatic rings. The lowest BCUT2D eigenvalue weighted by Gasteiger charge is -2.18. The molecule has 1 amide bonds. The third-order valence-corrected chi connectivity index (χ3v) is 4.12. The summed E-state index contributed by atoms with van der Waals surface area (Å²) in [4.78, 5) is 28.7. The molecule has 6 nitrogen and oxygen atoms in total. The van der Waals surface area contributed by atoms with E-state index in [0.29, 0.717) is 18.0 Å². The molecule has 22 heavy (non-hydrogen) atoms. The quantitative estimate of drug-likeness (QED) is 0.909. The fourth-order valence-corrected chi connectivity index (χ4v) is 2.63. The molecule has 0 bridgehead atoms. The number of hydrogen-bond donors (Lipinski definition) is 1. The zero-order valence-electron chi connectivity index (χ0n) is 12.8. The molecule has 0 saturated heterocycles. The van der Waals surface area contributed by atoms with Crippen LogP contribution in [-0.2, 0) is 13.6 Å². The number of nitrogens with one attached hydrogen (secondary N) is 1. The highest BCUT2D eigenvalue weighted by atomic mass is 16.2. The minimum atomic E-state index is -0.222. The van der Waals surface area contributed by atoms with Gasteiger partial charge in [-0.25, -0.2) is 4.98 Å². The van der Waals surface area contributed by atoms with Gasteiger partial charge in [-0.2, -0.15) is 0 Å². The van der Waals surface area contributed by atoms with E-state index >= 15 is 0 Å². The van der Waals surface area contributed by atoms with Crippen LogP contribution in [0.5, 0.6) is 0 Å². The largest absolute Gasteiger partial charge is 0.342 e. The lowest BCUT2D eigenvalue weighted by molar-refractivity contribution is 0.0928. The number of imidazole rings is 1. The molecule has 2 heterocycles. The Bertz CT molecular complexity index is 743. The summed E-state index contributed by atoms with van der Waals surface area (Å²) in [5.41, 5.74) is 0.240. The van der Waals surface area contributed by atoms with Gasteiger partial charge in [-0.1, -0.05) is 0 Å². The predicted molar refractivity (Wildman–Crippen MR) is 82.5 cm³/mol. The summed E-state index contributed by atoms with van der Waals surface area (Å²) in [6, 6.07) is 2.98. The molecule has 0 aliphatic heterocycles. The van der Waals surface area contributed by atoms with E-state index < -0.39 is 0 Å². The van der Waals surface area contributed by atoms with E-state index in [0.717, 1.165) is 18.7 Å². The molecule has 1 fully saturated rings. The summed E-state index contributed by atoms with van der Waals surface area (Å²) in [6.07, 6.45) is 7.45. The zero-order chi connectivity index (χ0) is 15.7. The molecular weight excluding hydrogens is 280 g/mol. The Kier molecular flexibility index (Phi) is 3.83. The molecule has 1 saturated carbocycles. The molecule has 1 aliphatic carbocycles. The van der Waals surface area contributed by atoms with Crippen LogP contribution in [-0.4, -0.2) is 20.0 Å². The normalized spacial score (nSPS) is 15.5. The first kappa shape index (κ1) is 14.6. The average molecular weight is 300 g/mol. The molecule has 3 rings (SSSR count). The van der Waals surface area contributed by atoms with E-state index in [-0.39, 0.29) is 17.5 Å². The van der Waals surface area contributed by atoms with Crippen molar-refractivity contribution < 1.29 is 4.79 Å². The number of aryl methyl sites for hydroxylation is 2. The van der Waals surface area contributed by atoms with Gasteiger partial charge in [0.25, 0.3) is 11.5 Å². The highest BCUT2D eigenvalue weighted by Crippen LogP contribution is 2.40. The molecule has 0 spiro atoms. The molecule has 1 N–H and O–H groups in total. The van der Waals surface area contributed by atoms with Crippen molar-refractivity contribution >= 4 is 5.91 Å². The van der Waals surface area contributed by atoms with Crippen LogP contribution in [0.2, 0.25) is 0 Å². The summed E-state index contributed by atoms with van der Waals surface area (Å²) >= 11 is 0. The number of nitrogens with zero attached hydrogens (tertiary/aromatic N) is 3. The number of amides is 1. The fourth-order valence-electron chi connectivity index (χ4n) is 2.63. The van der Waals surface area contributed by atoms with Crippen molar-refractivity contribution in [1.82, 2.24) is 19.4 Å². The Morgan fingerprint density at radius 3 is 2.77 bits per heavy atom. The minimum absolute atomic E-state index is 0.0962. The molecule has 0 radical (unpaired) electrons. The van der Waals surface area contributed by atoms with E-state index in [4.69, 9.17) is 0 Å². The van der Waals surface area contributed by atoms with Crippen LogP contribution in [0.4, 0.5) is 0 Å². The van der Waals surface area contributed by atoms with Crippen LogP contribution >= 0.6 is 0 Å². The Balaban J connectivity index is 1.81. The Hall–Kier alpha value is -2.37. The van der Waals surface area contributed by atoms with E-state index in [1.54, 1.807) is 23.0 Å². The Morgan fingerprint density at radius 2 is 2.23 bits per heavy atom. The molecule has 6 heteroatoms. The lowest BCUT2D eigenvalue weighted by Crippen LogP contribution is -2.32. The van der Waals surface area contributed by atoms with Crippen molar-refractivity contribution in [3.05, 3.63) is 52.5 Å². The van der Waals surface area contributed by atoms with Crippen LogP contribution in [0.1, 0.15) is 42.0 Å². The average Bonchev–Trinajstić information content (AvgIpc) is 3.26. The van der Waals surface area contributed by atoms with Gasteiger partial charge in [-0.3, -0.25) is 9.59 Å². The number of hydrogen-bond acceptors (Lipinski definition) is 3. The summed E-state index contributed by atoms with van der Waals surface area (Å²) in [5.74, 6) is 1.07. The van der Waals surface area contributed by atoms with Crippen LogP contribution in [0.25, 0.3) is 0 Å². The van der Waals surface area contributed by atoms with Crippen LogP contribution in [0.15, 0.2) is 35.5 Å². The molecule has 2 aromatic heterocycles. The molecular formula is C16H20N4O2. The van der Waals surface area contributed by atoms with Crippen molar-refractivity contribution in [3.63, 3.8) is 0 Å². The van der Waals surface area contributed by atoms with E-state index in [1.807, 2.05) is 24.7 Å². The fraction of sp³-hybridized carbons (Fsp3) is 0.438. The number of carbonyl (C=O) groups is 1. The second kappa shape index (κ2) is 5.79. The Labute approximate surface area is 128 Å².